The van der Waals surface area contributed by atoms with E-state index in [9.17, 15) is 4.79 Å². The number of para-hydroxylation sites is 1. The number of benzene rings is 1. The van der Waals surface area contributed by atoms with Crippen molar-refractivity contribution in [3.8, 4) is 0 Å². The first-order valence-electron chi connectivity index (χ1n) is 5.72. The third-order valence-electron chi connectivity index (χ3n) is 2.91. The molecule has 5 heteroatoms. The highest BCUT2D eigenvalue weighted by Crippen LogP contribution is 2.26. The molecule has 5 nitrogen and oxygen atoms in total. The number of carbonyl (C=O) groups excluding carboxylic acids is 1. The molecule has 0 atom stereocenters. The van der Waals surface area contributed by atoms with Crippen molar-refractivity contribution >= 4 is 11.6 Å². The average Bonchev–Trinajstić information content (AvgIpc) is 2.50. The van der Waals surface area contributed by atoms with Crippen molar-refractivity contribution in [2.75, 3.05) is 18.0 Å². The summed E-state index contributed by atoms with van der Waals surface area (Å²) in [5.74, 6) is 0.114. The SMILES string of the molecule is [N-]=[N+]=NCCN1C(=O)CCCc2ccccc21. The zero-order valence-corrected chi connectivity index (χ0v) is 9.54. The van der Waals surface area contributed by atoms with E-state index in [0.717, 1.165) is 18.5 Å². The minimum absolute atomic E-state index is 0.114. The van der Waals surface area contributed by atoms with Gasteiger partial charge >= 0.3 is 0 Å². The van der Waals surface area contributed by atoms with Crippen LogP contribution in [0, 0.1) is 0 Å². The fourth-order valence-corrected chi connectivity index (χ4v) is 2.12. The Morgan fingerprint density at radius 3 is 3.00 bits per heavy atom. The third kappa shape index (κ3) is 2.57. The summed E-state index contributed by atoms with van der Waals surface area (Å²) in [4.78, 5) is 16.4. The highest BCUT2D eigenvalue weighted by Gasteiger charge is 2.20. The summed E-state index contributed by atoms with van der Waals surface area (Å²) in [5.41, 5.74) is 10.4. The number of fused-ring (bicyclic) bond motifs is 1. The highest BCUT2D eigenvalue weighted by atomic mass is 16.2. The third-order valence-corrected chi connectivity index (χ3v) is 2.91. The van der Waals surface area contributed by atoms with Crippen LogP contribution in [0.15, 0.2) is 29.4 Å². The number of aryl methyl sites for hydroxylation is 1. The molecule has 0 fully saturated rings. The lowest BCUT2D eigenvalue weighted by Crippen LogP contribution is -2.32. The predicted molar refractivity (Wildman–Crippen MR) is 65.7 cm³/mol. The molecule has 1 aliphatic heterocycles. The molecule has 0 unspecified atom stereocenters. The first kappa shape index (κ1) is 11.5. The van der Waals surface area contributed by atoms with Crippen LogP contribution in [-0.2, 0) is 11.2 Å². The Kier molecular flexibility index (Phi) is 3.62. The minimum atomic E-state index is 0.114. The fourth-order valence-electron chi connectivity index (χ4n) is 2.12. The van der Waals surface area contributed by atoms with Crippen LogP contribution in [-0.4, -0.2) is 19.0 Å². The molecule has 88 valence electrons. The fraction of sp³-hybridized carbons (Fsp3) is 0.417. The van der Waals surface area contributed by atoms with Gasteiger partial charge in [-0.05, 0) is 30.0 Å². The molecule has 0 aromatic heterocycles. The van der Waals surface area contributed by atoms with Gasteiger partial charge in [-0.2, -0.15) is 0 Å². The number of azide groups is 1. The normalized spacial score (nSPS) is 14.8. The molecule has 0 saturated heterocycles. The van der Waals surface area contributed by atoms with Crippen LogP contribution in [0.3, 0.4) is 0 Å². The molecule has 1 aliphatic rings. The van der Waals surface area contributed by atoms with Gasteiger partial charge in [0.15, 0.2) is 0 Å². The number of hydrogen-bond donors (Lipinski definition) is 0. The monoisotopic (exact) mass is 230 g/mol. The summed E-state index contributed by atoms with van der Waals surface area (Å²) in [6.45, 7) is 0.774. The van der Waals surface area contributed by atoms with Gasteiger partial charge in [0.2, 0.25) is 5.91 Å². The summed E-state index contributed by atoms with van der Waals surface area (Å²) >= 11 is 0. The Morgan fingerprint density at radius 2 is 2.18 bits per heavy atom. The van der Waals surface area contributed by atoms with Crippen molar-refractivity contribution in [3.63, 3.8) is 0 Å². The van der Waals surface area contributed by atoms with Gasteiger partial charge < -0.3 is 4.90 Å². The lowest BCUT2D eigenvalue weighted by molar-refractivity contribution is -0.118. The van der Waals surface area contributed by atoms with Gasteiger partial charge in [-0.25, -0.2) is 0 Å². The molecule has 1 amide bonds. The van der Waals surface area contributed by atoms with Crippen molar-refractivity contribution in [3.05, 3.63) is 40.3 Å². The van der Waals surface area contributed by atoms with Crippen molar-refractivity contribution in [2.45, 2.75) is 19.3 Å². The number of nitrogens with zero attached hydrogens (tertiary/aromatic N) is 4. The van der Waals surface area contributed by atoms with Crippen molar-refractivity contribution in [2.24, 2.45) is 5.11 Å². The molecular formula is C12H14N4O. The molecular weight excluding hydrogens is 216 g/mol. The van der Waals surface area contributed by atoms with Crippen LogP contribution in [0.1, 0.15) is 18.4 Å². The Balaban J connectivity index is 2.26. The van der Waals surface area contributed by atoms with E-state index in [1.54, 1.807) is 4.90 Å². The molecule has 1 aromatic rings. The van der Waals surface area contributed by atoms with Gasteiger partial charge in [0.1, 0.15) is 0 Å². The van der Waals surface area contributed by atoms with Crippen molar-refractivity contribution in [1.29, 1.82) is 0 Å². The van der Waals surface area contributed by atoms with Gasteiger partial charge in [-0.15, -0.1) is 0 Å². The summed E-state index contributed by atoms with van der Waals surface area (Å²) in [6, 6.07) is 7.92. The van der Waals surface area contributed by atoms with E-state index < -0.39 is 0 Å². The second kappa shape index (κ2) is 5.37. The van der Waals surface area contributed by atoms with Crippen LogP contribution < -0.4 is 4.90 Å². The summed E-state index contributed by atoms with van der Waals surface area (Å²) in [7, 11) is 0. The minimum Gasteiger partial charge on any atom is -0.312 e. The maximum absolute atomic E-state index is 12.0. The van der Waals surface area contributed by atoms with E-state index in [1.165, 1.54) is 5.56 Å². The standard InChI is InChI=1S/C12H14N4O/c13-15-14-8-9-16-11-6-2-1-4-10(11)5-3-7-12(16)17/h1-2,4,6H,3,5,7-9H2. The van der Waals surface area contributed by atoms with Crippen molar-refractivity contribution in [1.82, 2.24) is 0 Å². The molecule has 2 rings (SSSR count). The van der Waals surface area contributed by atoms with Gasteiger partial charge in [0, 0.05) is 30.1 Å². The predicted octanol–water partition coefficient (Wildman–Crippen LogP) is 2.67. The second-order valence-electron chi connectivity index (χ2n) is 3.98. The van der Waals surface area contributed by atoms with Crippen LogP contribution in [0.25, 0.3) is 10.4 Å². The zero-order valence-electron chi connectivity index (χ0n) is 9.54. The van der Waals surface area contributed by atoms with Crippen LogP contribution in [0.4, 0.5) is 5.69 Å². The Bertz CT molecular complexity index is 465. The highest BCUT2D eigenvalue weighted by molar-refractivity contribution is 5.94. The zero-order chi connectivity index (χ0) is 12.1. The van der Waals surface area contributed by atoms with Gasteiger partial charge in [0.25, 0.3) is 0 Å². The van der Waals surface area contributed by atoms with E-state index in [4.69, 9.17) is 5.53 Å². The van der Waals surface area contributed by atoms with E-state index in [-0.39, 0.29) is 5.91 Å². The number of anilines is 1. The molecule has 0 radical (unpaired) electrons. The second-order valence-corrected chi connectivity index (χ2v) is 3.98. The molecule has 0 bridgehead atoms. The van der Waals surface area contributed by atoms with Gasteiger partial charge in [-0.3, -0.25) is 4.79 Å². The van der Waals surface area contributed by atoms with Gasteiger partial charge in [0.05, 0.1) is 0 Å². The molecule has 0 spiro atoms. The molecule has 1 aromatic carbocycles. The van der Waals surface area contributed by atoms with E-state index in [2.05, 4.69) is 16.1 Å². The number of carbonyl (C=O) groups is 1. The molecule has 17 heavy (non-hydrogen) atoms. The van der Waals surface area contributed by atoms with Crippen LogP contribution in [0.2, 0.25) is 0 Å². The molecule has 0 saturated carbocycles. The van der Waals surface area contributed by atoms with Crippen molar-refractivity contribution < 1.29 is 4.79 Å². The Morgan fingerprint density at radius 1 is 1.35 bits per heavy atom. The first-order valence-corrected chi connectivity index (χ1v) is 5.72. The summed E-state index contributed by atoms with van der Waals surface area (Å²) in [6.07, 6.45) is 2.37. The Labute approximate surface area is 99.7 Å². The smallest absolute Gasteiger partial charge is 0.226 e. The Hall–Kier alpha value is -2.00. The molecule has 0 aliphatic carbocycles. The number of amides is 1. The van der Waals surface area contributed by atoms with E-state index in [0.29, 0.717) is 19.5 Å². The topological polar surface area (TPSA) is 69.1 Å². The lowest BCUT2D eigenvalue weighted by atomic mass is 10.1. The van der Waals surface area contributed by atoms with E-state index in [1.807, 2.05) is 18.2 Å². The van der Waals surface area contributed by atoms with Crippen LogP contribution in [0.5, 0.6) is 0 Å². The molecule has 0 N–H and O–H groups in total. The molecule has 1 heterocycles. The lowest BCUT2D eigenvalue weighted by Gasteiger charge is -2.22. The largest absolute Gasteiger partial charge is 0.312 e. The summed E-state index contributed by atoms with van der Waals surface area (Å²) in [5, 5.41) is 3.49. The maximum atomic E-state index is 12.0. The van der Waals surface area contributed by atoms with E-state index >= 15 is 0 Å². The summed E-state index contributed by atoms with van der Waals surface area (Å²) < 4.78 is 0. The number of rotatable bonds is 3. The van der Waals surface area contributed by atoms with Crippen LogP contribution >= 0.6 is 0 Å². The maximum Gasteiger partial charge on any atom is 0.226 e. The average molecular weight is 230 g/mol. The number of hydrogen-bond acceptors (Lipinski definition) is 2. The quantitative estimate of drug-likeness (QED) is 0.447. The van der Waals surface area contributed by atoms with Gasteiger partial charge in [-0.1, -0.05) is 23.3 Å². The first-order chi connectivity index (χ1) is 8.33.